The van der Waals surface area contributed by atoms with E-state index in [2.05, 4.69) is 27.8 Å². The summed E-state index contributed by atoms with van der Waals surface area (Å²) in [6, 6.07) is 14.4. The molecule has 2 aromatic carbocycles. The summed E-state index contributed by atoms with van der Waals surface area (Å²) < 4.78 is 0. The number of anilines is 1. The van der Waals surface area contributed by atoms with Crippen LogP contribution in [0.3, 0.4) is 0 Å². The molecule has 0 aromatic heterocycles. The van der Waals surface area contributed by atoms with Crippen LogP contribution < -0.4 is 21.7 Å². The third-order valence-electron chi connectivity index (χ3n) is 3.82. The SMILES string of the molecule is CNC(=O)C(Cc1ccc(C#Cc2cccc(NC(N)=S)c2)cc1)NC(C)=O. The molecule has 0 fully saturated rings. The first-order valence-corrected chi connectivity index (χ1v) is 9.04. The van der Waals surface area contributed by atoms with Gasteiger partial charge in [0.2, 0.25) is 11.8 Å². The zero-order valence-corrected chi connectivity index (χ0v) is 16.5. The lowest BCUT2D eigenvalue weighted by molar-refractivity contribution is -0.127. The second kappa shape index (κ2) is 10.1. The Kier molecular flexibility index (Phi) is 7.55. The molecule has 2 rings (SSSR count). The number of carbonyl (C=O) groups excluding carboxylic acids is 2. The van der Waals surface area contributed by atoms with Crippen molar-refractivity contribution in [3.05, 3.63) is 65.2 Å². The number of rotatable bonds is 5. The van der Waals surface area contributed by atoms with E-state index in [4.69, 9.17) is 18.0 Å². The van der Waals surface area contributed by atoms with Crippen molar-refractivity contribution in [3.8, 4) is 11.8 Å². The number of hydrogen-bond donors (Lipinski definition) is 4. The molecular weight excluding hydrogens is 372 g/mol. The summed E-state index contributed by atoms with van der Waals surface area (Å²) in [6.45, 7) is 1.39. The van der Waals surface area contributed by atoms with Crippen LogP contribution >= 0.6 is 12.2 Å². The molecule has 1 atom stereocenters. The van der Waals surface area contributed by atoms with Gasteiger partial charge in [-0.05, 0) is 48.1 Å². The maximum Gasteiger partial charge on any atom is 0.242 e. The Hall–Kier alpha value is -3.37. The van der Waals surface area contributed by atoms with Gasteiger partial charge in [0.1, 0.15) is 6.04 Å². The molecule has 1 unspecified atom stereocenters. The molecule has 0 aliphatic heterocycles. The van der Waals surface area contributed by atoms with Crippen LogP contribution in [-0.4, -0.2) is 30.0 Å². The van der Waals surface area contributed by atoms with Crippen LogP contribution in [0, 0.1) is 11.8 Å². The van der Waals surface area contributed by atoms with Gasteiger partial charge in [-0.15, -0.1) is 0 Å². The van der Waals surface area contributed by atoms with E-state index >= 15 is 0 Å². The predicted octanol–water partition coefficient (Wildman–Crippen LogP) is 1.54. The highest BCUT2D eigenvalue weighted by Crippen LogP contribution is 2.10. The van der Waals surface area contributed by atoms with Gasteiger partial charge in [-0.3, -0.25) is 9.59 Å². The Morgan fingerprint density at radius 2 is 1.79 bits per heavy atom. The number of likely N-dealkylation sites (N-methyl/N-ethyl adjacent to an activating group) is 1. The highest BCUT2D eigenvalue weighted by atomic mass is 32.1. The van der Waals surface area contributed by atoms with Crippen LogP contribution in [0.25, 0.3) is 0 Å². The molecule has 0 spiro atoms. The van der Waals surface area contributed by atoms with Crippen LogP contribution in [0.5, 0.6) is 0 Å². The highest BCUT2D eigenvalue weighted by Gasteiger charge is 2.18. The summed E-state index contributed by atoms with van der Waals surface area (Å²) in [6.07, 6.45) is 0.402. The first kappa shape index (κ1) is 20.9. The molecule has 0 bridgehead atoms. The molecule has 28 heavy (non-hydrogen) atoms. The highest BCUT2D eigenvalue weighted by molar-refractivity contribution is 7.80. The van der Waals surface area contributed by atoms with Crippen molar-refractivity contribution < 1.29 is 9.59 Å². The van der Waals surface area contributed by atoms with Crippen molar-refractivity contribution >= 4 is 34.8 Å². The van der Waals surface area contributed by atoms with Crippen LogP contribution in [0.4, 0.5) is 5.69 Å². The van der Waals surface area contributed by atoms with E-state index in [1.165, 1.54) is 6.92 Å². The van der Waals surface area contributed by atoms with Crippen LogP contribution in [0.2, 0.25) is 0 Å². The zero-order valence-electron chi connectivity index (χ0n) is 15.7. The number of amides is 2. The Labute approximate surface area is 169 Å². The monoisotopic (exact) mass is 394 g/mol. The first-order valence-electron chi connectivity index (χ1n) is 8.63. The molecule has 0 aliphatic carbocycles. The molecule has 2 amide bonds. The molecule has 0 heterocycles. The number of carbonyl (C=O) groups is 2. The van der Waals surface area contributed by atoms with E-state index in [0.29, 0.717) is 6.42 Å². The van der Waals surface area contributed by atoms with Gasteiger partial charge >= 0.3 is 0 Å². The Bertz CT molecular complexity index is 929. The van der Waals surface area contributed by atoms with Gasteiger partial charge in [-0.2, -0.15) is 0 Å². The quantitative estimate of drug-likeness (QED) is 0.456. The van der Waals surface area contributed by atoms with Gasteiger partial charge in [0.25, 0.3) is 0 Å². The fraction of sp³-hybridized carbons (Fsp3) is 0.190. The van der Waals surface area contributed by atoms with Gasteiger partial charge in [-0.25, -0.2) is 0 Å². The maximum atomic E-state index is 11.9. The van der Waals surface area contributed by atoms with E-state index in [1.54, 1.807) is 7.05 Å². The lowest BCUT2D eigenvalue weighted by atomic mass is 10.0. The fourth-order valence-corrected chi connectivity index (χ4v) is 2.67. The zero-order chi connectivity index (χ0) is 20.5. The van der Waals surface area contributed by atoms with Crippen molar-refractivity contribution in [2.24, 2.45) is 5.73 Å². The summed E-state index contributed by atoms with van der Waals surface area (Å²) in [7, 11) is 1.54. The third-order valence-corrected chi connectivity index (χ3v) is 3.92. The van der Waals surface area contributed by atoms with Gasteiger partial charge < -0.3 is 21.7 Å². The lowest BCUT2D eigenvalue weighted by Gasteiger charge is -2.16. The average Bonchev–Trinajstić information content (AvgIpc) is 2.65. The molecule has 0 aliphatic rings. The van der Waals surface area contributed by atoms with Gasteiger partial charge in [0, 0.05) is 37.2 Å². The average molecular weight is 395 g/mol. The normalized spacial score (nSPS) is 10.8. The maximum absolute atomic E-state index is 11.9. The smallest absolute Gasteiger partial charge is 0.242 e. The minimum atomic E-state index is -0.608. The summed E-state index contributed by atoms with van der Waals surface area (Å²) in [5, 5.41) is 8.29. The Morgan fingerprint density at radius 3 is 2.39 bits per heavy atom. The summed E-state index contributed by atoms with van der Waals surface area (Å²) in [4.78, 5) is 23.2. The summed E-state index contributed by atoms with van der Waals surface area (Å²) in [5.74, 6) is 5.71. The number of nitrogens with two attached hydrogens (primary N) is 1. The fourth-order valence-electron chi connectivity index (χ4n) is 2.55. The molecule has 2 aromatic rings. The summed E-state index contributed by atoms with van der Waals surface area (Å²) >= 11 is 4.83. The molecule has 6 nitrogen and oxygen atoms in total. The topological polar surface area (TPSA) is 96.2 Å². The molecule has 0 saturated carbocycles. The Balaban J connectivity index is 2.09. The minimum absolute atomic E-state index is 0.204. The van der Waals surface area contributed by atoms with Crippen LogP contribution in [-0.2, 0) is 16.0 Å². The second-order valence-corrected chi connectivity index (χ2v) is 6.53. The first-order chi connectivity index (χ1) is 13.4. The number of hydrogen-bond acceptors (Lipinski definition) is 3. The number of nitrogens with one attached hydrogen (secondary N) is 3. The molecule has 0 saturated heterocycles. The second-order valence-electron chi connectivity index (χ2n) is 6.09. The minimum Gasteiger partial charge on any atom is -0.376 e. The predicted molar refractivity (Wildman–Crippen MR) is 115 cm³/mol. The van der Waals surface area contributed by atoms with Gasteiger partial charge in [0.15, 0.2) is 5.11 Å². The van der Waals surface area contributed by atoms with Gasteiger partial charge in [-0.1, -0.05) is 30.0 Å². The molecule has 144 valence electrons. The van der Waals surface area contributed by atoms with E-state index in [0.717, 1.165) is 22.4 Å². The molecule has 0 radical (unpaired) electrons. The summed E-state index contributed by atoms with van der Waals surface area (Å²) in [5.41, 5.74) is 8.86. The van der Waals surface area contributed by atoms with Crippen molar-refractivity contribution in [2.45, 2.75) is 19.4 Å². The van der Waals surface area contributed by atoms with Crippen LogP contribution in [0.15, 0.2) is 48.5 Å². The van der Waals surface area contributed by atoms with E-state index in [1.807, 2.05) is 48.5 Å². The molecule has 5 N–H and O–H groups in total. The lowest BCUT2D eigenvalue weighted by Crippen LogP contribution is -2.46. The van der Waals surface area contributed by atoms with Crippen molar-refractivity contribution in [1.82, 2.24) is 10.6 Å². The standard InChI is InChI=1S/C21H22N4O2S/c1-14(26)24-19(20(27)23-2)13-17-10-7-15(8-11-17)6-9-16-4-3-5-18(12-16)25-21(22)28/h3-5,7-8,10-12,19H,13H2,1-2H3,(H,23,27)(H,24,26)(H3,22,25,28). The molecular formula is C21H22N4O2S. The largest absolute Gasteiger partial charge is 0.376 e. The van der Waals surface area contributed by atoms with Gasteiger partial charge in [0.05, 0.1) is 0 Å². The van der Waals surface area contributed by atoms with E-state index in [9.17, 15) is 9.59 Å². The van der Waals surface area contributed by atoms with Crippen LogP contribution in [0.1, 0.15) is 23.6 Å². The number of benzene rings is 2. The Morgan fingerprint density at radius 1 is 1.11 bits per heavy atom. The van der Waals surface area contributed by atoms with Crippen molar-refractivity contribution in [2.75, 3.05) is 12.4 Å². The molecule has 7 heteroatoms. The number of thiocarbonyl (C=S) groups is 1. The van der Waals surface area contributed by atoms with E-state index < -0.39 is 6.04 Å². The van der Waals surface area contributed by atoms with Crippen molar-refractivity contribution in [1.29, 1.82) is 0 Å². The van der Waals surface area contributed by atoms with Crippen molar-refractivity contribution in [3.63, 3.8) is 0 Å². The third kappa shape index (κ3) is 6.74. The van der Waals surface area contributed by atoms with E-state index in [-0.39, 0.29) is 16.9 Å².